The number of halogens is 1. The highest BCUT2D eigenvalue weighted by molar-refractivity contribution is 9.10. The Balaban J connectivity index is 1.92. The molecule has 0 amide bonds. The second kappa shape index (κ2) is 7.98. The van der Waals surface area contributed by atoms with E-state index in [1.807, 2.05) is 38.1 Å². The summed E-state index contributed by atoms with van der Waals surface area (Å²) >= 11 is 4.81. The normalized spacial score (nSPS) is 11.6. The fourth-order valence-electron chi connectivity index (χ4n) is 3.28. The minimum absolute atomic E-state index is 0.0781. The maximum Gasteiger partial charge on any atom is 0.263 e. The average molecular weight is 504 g/mol. The minimum Gasteiger partial charge on any atom is -0.497 e. The third kappa shape index (κ3) is 3.92. The zero-order chi connectivity index (χ0) is 21.5. The van der Waals surface area contributed by atoms with E-state index in [1.165, 1.54) is 29.8 Å². The molecular weight excluding hydrogens is 486 g/mol. The second-order valence-corrected chi connectivity index (χ2v) is 10.5. The number of methoxy groups -OCH3 is 1. The van der Waals surface area contributed by atoms with Crippen molar-refractivity contribution in [2.24, 2.45) is 0 Å². The molecule has 4 aromatic rings. The van der Waals surface area contributed by atoms with Crippen LogP contribution >= 0.6 is 27.3 Å². The molecule has 0 aliphatic carbocycles. The van der Waals surface area contributed by atoms with Gasteiger partial charge in [-0.3, -0.25) is 9.71 Å². The van der Waals surface area contributed by atoms with Crippen molar-refractivity contribution in [3.8, 4) is 16.9 Å². The van der Waals surface area contributed by atoms with Gasteiger partial charge in [0.15, 0.2) is 0 Å². The molecule has 1 N–H and O–H groups in total. The van der Waals surface area contributed by atoms with Crippen molar-refractivity contribution in [2.45, 2.75) is 18.7 Å². The molecule has 0 saturated carbocycles. The number of nitrogens with zero attached hydrogens (tertiary/aromatic N) is 2. The zero-order valence-electron chi connectivity index (χ0n) is 16.4. The summed E-state index contributed by atoms with van der Waals surface area (Å²) in [7, 11) is -2.22. The molecule has 0 atom stereocenters. The number of sulfonamides is 1. The largest absolute Gasteiger partial charge is 0.497 e. The number of aromatic nitrogens is 2. The summed E-state index contributed by atoms with van der Waals surface area (Å²) in [6.45, 7) is 3.85. The number of aryl methyl sites for hydroxylation is 2. The van der Waals surface area contributed by atoms with Crippen LogP contribution in [0.3, 0.4) is 0 Å². The molecule has 4 rings (SSSR count). The summed E-state index contributed by atoms with van der Waals surface area (Å²) in [5.41, 5.74) is 3.09. The number of nitrogens with one attached hydrogen (secondary N) is 1. The van der Waals surface area contributed by atoms with Gasteiger partial charge in [-0.2, -0.15) is 0 Å². The fraction of sp³-hybridized carbons (Fsp3) is 0.143. The van der Waals surface area contributed by atoms with Crippen LogP contribution in [0.25, 0.3) is 21.3 Å². The van der Waals surface area contributed by atoms with Crippen LogP contribution in [0.1, 0.15) is 10.6 Å². The number of pyridine rings is 2. The quantitative estimate of drug-likeness (QED) is 0.386. The van der Waals surface area contributed by atoms with Gasteiger partial charge in [-0.1, -0.05) is 12.1 Å². The molecule has 3 aromatic heterocycles. The zero-order valence-corrected chi connectivity index (χ0v) is 19.7. The van der Waals surface area contributed by atoms with Gasteiger partial charge >= 0.3 is 0 Å². The average Bonchev–Trinajstić information content (AvgIpc) is 3.03. The maximum atomic E-state index is 13.1. The maximum absolute atomic E-state index is 13.1. The third-order valence-corrected chi connectivity index (χ3v) is 7.32. The Kier molecular flexibility index (Phi) is 5.52. The van der Waals surface area contributed by atoms with Gasteiger partial charge in [-0.05, 0) is 59.6 Å². The summed E-state index contributed by atoms with van der Waals surface area (Å²) < 4.78 is 34.8. The molecule has 0 aliphatic heterocycles. The van der Waals surface area contributed by atoms with Crippen molar-refractivity contribution >= 4 is 53.2 Å². The molecule has 0 unspecified atom stereocenters. The van der Waals surface area contributed by atoms with Crippen LogP contribution in [0.4, 0.5) is 5.69 Å². The first kappa shape index (κ1) is 20.8. The predicted molar refractivity (Wildman–Crippen MR) is 124 cm³/mol. The van der Waals surface area contributed by atoms with E-state index in [9.17, 15) is 8.42 Å². The Hall–Kier alpha value is -2.49. The first-order valence-corrected chi connectivity index (χ1v) is 12.1. The SMILES string of the molecule is COc1cccc(-c2c(C)sc3nc(C)cc(NS(=O)(=O)c4cncc(Br)c4)c23)c1. The van der Waals surface area contributed by atoms with Gasteiger partial charge < -0.3 is 4.74 Å². The second-order valence-electron chi connectivity index (χ2n) is 6.70. The van der Waals surface area contributed by atoms with Crippen molar-refractivity contribution in [3.05, 3.63) is 63.8 Å². The molecule has 1 aromatic carbocycles. The highest BCUT2D eigenvalue weighted by Crippen LogP contribution is 2.42. The summed E-state index contributed by atoms with van der Waals surface area (Å²) in [4.78, 5) is 10.5. The molecule has 30 heavy (non-hydrogen) atoms. The molecule has 0 radical (unpaired) electrons. The number of anilines is 1. The number of hydrogen-bond donors (Lipinski definition) is 1. The number of fused-ring (bicyclic) bond motifs is 1. The summed E-state index contributed by atoms with van der Waals surface area (Å²) in [5.74, 6) is 0.730. The van der Waals surface area contributed by atoms with Crippen LogP contribution in [-0.4, -0.2) is 25.5 Å². The highest BCUT2D eigenvalue weighted by atomic mass is 79.9. The molecule has 6 nitrogen and oxygen atoms in total. The van der Waals surface area contributed by atoms with Gasteiger partial charge in [0.1, 0.15) is 15.5 Å². The lowest BCUT2D eigenvalue weighted by molar-refractivity contribution is 0.415. The summed E-state index contributed by atoms with van der Waals surface area (Å²) in [5, 5.41) is 0.767. The molecule has 0 aliphatic rings. The number of benzene rings is 1. The van der Waals surface area contributed by atoms with Gasteiger partial charge in [-0.25, -0.2) is 13.4 Å². The summed E-state index contributed by atoms with van der Waals surface area (Å²) in [6.07, 6.45) is 2.86. The standard InChI is InChI=1S/C21H18BrN3O3S2/c1-12-7-18(25-30(26,27)17-9-15(22)10-23-11-17)20-19(13(2)29-21(20)24-12)14-5-4-6-16(8-14)28-3/h4-11H,1-3H3,(H,24,25). The molecule has 154 valence electrons. The predicted octanol–water partition coefficient (Wildman–Crippen LogP) is 5.55. The number of hydrogen-bond acceptors (Lipinski definition) is 6. The van der Waals surface area contributed by atoms with E-state index in [1.54, 1.807) is 13.2 Å². The van der Waals surface area contributed by atoms with Crippen molar-refractivity contribution in [2.75, 3.05) is 11.8 Å². The Morgan fingerprint density at radius 1 is 1.13 bits per heavy atom. The van der Waals surface area contributed by atoms with Gasteiger partial charge in [-0.15, -0.1) is 11.3 Å². The van der Waals surface area contributed by atoms with E-state index in [0.29, 0.717) is 10.2 Å². The number of thiophene rings is 1. The molecule has 0 fully saturated rings. The lowest BCUT2D eigenvalue weighted by Crippen LogP contribution is -2.14. The van der Waals surface area contributed by atoms with Crippen LogP contribution in [0.5, 0.6) is 5.75 Å². The molecule has 3 heterocycles. The van der Waals surface area contributed by atoms with E-state index < -0.39 is 10.0 Å². The fourth-order valence-corrected chi connectivity index (χ4v) is 5.96. The third-order valence-electron chi connectivity index (χ3n) is 4.56. The number of ether oxygens (including phenoxy) is 1. The van der Waals surface area contributed by atoms with Crippen LogP contribution in [-0.2, 0) is 10.0 Å². The smallest absolute Gasteiger partial charge is 0.263 e. The van der Waals surface area contributed by atoms with E-state index >= 15 is 0 Å². The van der Waals surface area contributed by atoms with Crippen LogP contribution < -0.4 is 9.46 Å². The molecule has 9 heteroatoms. The van der Waals surface area contributed by atoms with Gasteiger partial charge in [0, 0.05) is 38.4 Å². The monoisotopic (exact) mass is 503 g/mol. The molecular formula is C21H18BrN3O3S2. The Labute approximate surface area is 187 Å². The number of rotatable bonds is 5. The Bertz CT molecular complexity index is 1370. The van der Waals surface area contributed by atoms with Crippen molar-refractivity contribution in [1.29, 1.82) is 0 Å². The lowest BCUT2D eigenvalue weighted by Gasteiger charge is -2.12. The van der Waals surface area contributed by atoms with Gasteiger partial charge in [0.2, 0.25) is 0 Å². The van der Waals surface area contributed by atoms with Crippen molar-refractivity contribution < 1.29 is 13.2 Å². The van der Waals surface area contributed by atoms with Crippen molar-refractivity contribution in [3.63, 3.8) is 0 Å². The van der Waals surface area contributed by atoms with E-state index in [-0.39, 0.29) is 4.90 Å². The van der Waals surface area contributed by atoms with Crippen LogP contribution in [0, 0.1) is 13.8 Å². The van der Waals surface area contributed by atoms with E-state index in [0.717, 1.165) is 37.7 Å². The van der Waals surface area contributed by atoms with E-state index in [2.05, 4.69) is 30.6 Å². The lowest BCUT2D eigenvalue weighted by atomic mass is 10.0. The Morgan fingerprint density at radius 3 is 2.67 bits per heavy atom. The van der Waals surface area contributed by atoms with Gasteiger partial charge in [0.25, 0.3) is 10.0 Å². The molecule has 0 spiro atoms. The first-order chi connectivity index (χ1) is 14.3. The minimum atomic E-state index is -3.84. The van der Waals surface area contributed by atoms with Crippen LogP contribution in [0.2, 0.25) is 0 Å². The topological polar surface area (TPSA) is 81.2 Å². The van der Waals surface area contributed by atoms with E-state index in [4.69, 9.17) is 4.74 Å². The first-order valence-electron chi connectivity index (χ1n) is 8.97. The molecule has 0 bridgehead atoms. The summed E-state index contributed by atoms with van der Waals surface area (Å²) in [6, 6.07) is 11.0. The highest BCUT2D eigenvalue weighted by Gasteiger charge is 2.22. The Morgan fingerprint density at radius 2 is 1.93 bits per heavy atom. The van der Waals surface area contributed by atoms with Gasteiger partial charge in [0.05, 0.1) is 12.8 Å². The van der Waals surface area contributed by atoms with Crippen molar-refractivity contribution in [1.82, 2.24) is 9.97 Å². The molecule has 0 saturated heterocycles. The van der Waals surface area contributed by atoms with Crippen LogP contribution in [0.15, 0.2) is 58.2 Å².